The molecule has 0 aromatic heterocycles. The normalized spacial score (nSPS) is 31.8. The number of carbonyl (C=O) groups is 1. The lowest BCUT2D eigenvalue weighted by Gasteiger charge is -2.59. The molecule has 0 saturated heterocycles. The Balaban J connectivity index is 1.44. The number of carbonyl (C=O) groups excluding carboxylic acids is 1. The zero-order chi connectivity index (χ0) is 19.5. The number of benzene rings is 2. The van der Waals surface area contributed by atoms with Crippen molar-refractivity contribution in [3.8, 4) is 5.75 Å². The van der Waals surface area contributed by atoms with Gasteiger partial charge in [-0.25, -0.2) is 0 Å². The summed E-state index contributed by atoms with van der Waals surface area (Å²) in [5, 5.41) is 5.48. The lowest BCUT2D eigenvalue weighted by molar-refractivity contribution is -0.0688. The van der Waals surface area contributed by atoms with E-state index in [1.807, 2.05) is 30.3 Å². The van der Waals surface area contributed by atoms with Gasteiger partial charge in [-0.3, -0.25) is 4.79 Å². The monoisotopic (exact) mass is 441 g/mol. The fourth-order valence-electron chi connectivity index (χ4n) is 6.79. The number of fused-ring (bicyclic) bond motifs is 1. The number of ether oxygens (including phenoxy) is 1. The van der Waals surface area contributed by atoms with Crippen LogP contribution in [0.4, 0.5) is 0 Å². The Morgan fingerprint density at radius 3 is 2.36 bits per heavy atom. The van der Waals surface area contributed by atoms with Crippen molar-refractivity contribution < 1.29 is 9.53 Å². The molecule has 0 aliphatic heterocycles. The van der Waals surface area contributed by atoms with Crippen molar-refractivity contribution in [2.45, 2.75) is 51.5 Å². The molecule has 4 aliphatic rings. The Morgan fingerprint density at radius 2 is 1.75 bits per heavy atom. The highest BCUT2D eigenvalue weighted by Gasteiger charge is 2.53. The average Bonchev–Trinajstić information content (AvgIpc) is 2.67. The number of hydrogen-bond donors (Lipinski definition) is 1. The van der Waals surface area contributed by atoms with Crippen LogP contribution in [0.1, 0.15) is 55.8 Å². The molecule has 2 aromatic carbocycles. The van der Waals surface area contributed by atoms with Gasteiger partial charge in [-0.2, -0.15) is 0 Å². The highest BCUT2D eigenvalue weighted by Crippen LogP contribution is 2.61. The molecule has 1 atom stereocenters. The quantitative estimate of drug-likeness (QED) is 0.636. The van der Waals surface area contributed by atoms with Gasteiger partial charge in [0.05, 0.1) is 17.1 Å². The van der Waals surface area contributed by atoms with Crippen LogP contribution in [0.5, 0.6) is 5.75 Å². The minimum Gasteiger partial charge on any atom is -0.495 e. The SMILES string of the molecule is COc1c(C(=O)NC(C)C23CC4CC(CC(C4)C2)C3)cc2ccccc2c1Br. The van der Waals surface area contributed by atoms with Gasteiger partial charge in [0.15, 0.2) is 0 Å². The van der Waals surface area contributed by atoms with Gasteiger partial charge in [-0.05, 0) is 101 Å². The zero-order valence-electron chi connectivity index (χ0n) is 16.6. The van der Waals surface area contributed by atoms with Gasteiger partial charge in [0.1, 0.15) is 5.75 Å². The van der Waals surface area contributed by atoms with E-state index in [0.717, 1.165) is 33.0 Å². The molecule has 1 amide bonds. The van der Waals surface area contributed by atoms with E-state index in [4.69, 9.17) is 4.74 Å². The Kier molecular flexibility index (Phi) is 4.46. The molecule has 4 aliphatic carbocycles. The van der Waals surface area contributed by atoms with Crippen LogP contribution in [0.2, 0.25) is 0 Å². The topological polar surface area (TPSA) is 38.3 Å². The number of methoxy groups -OCH3 is 1. The van der Waals surface area contributed by atoms with Crippen LogP contribution in [0.3, 0.4) is 0 Å². The van der Waals surface area contributed by atoms with Gasteiger partial charge in [0.2, 0.25) is 0 Å². The molecule has 1 unspecified atom stereocenters. The van der Waals surface area contributed by atoms with Crippen LogP contribution >= 0.6 is 15.9 Å². The summed E-state index contributed by atoms with van der Waals surface area (Å²) < 4.78 is 6.48. The zero-order valence-corrected chi connectivity index (χ0v) is 18.2. The minimum atomic E-state index is -0.0217. The lowest BCUT2D eigenvalue weighted by atomic mass is 9.48. The first-order valence-corrected chi connectivity index (χ1v) is 11.3. The first kappa shape index (κ1) is 18.5. The molecule has 0 radical (unpaired) electrons. The van der Waals surface area contributed by atoms with E-state index in [-0.39, 0.29) is 11.9 Å². The van der Waals surface area contributed by atoms with Crippen LogP contribution in [0.25, 0.3) is 10.8 Å². The average molecular weight is 442 g/mol. The number of nitrogens with one attached hydrogen (secondary N) is 1. The molecule has 4 fully saturated rings. The molecule has 1 N–H and O–H groups in total. The fourth-order valence-corrected chi connectivity index (χ4v) is 7.52. The van der Waals surface area contributed by atoms with Gasteiger partial charge in [0.25, 0.3) is 5.91 Å². The van der Waals surface area contributed by atoms with Crippen molar-refractivity contribution in [1.29, 1.82) is 0 Å². The highest BCUT2D eigenvalue weighted by molar-refractivity contribution is 9.10. The summed E-state index contributed by atoms with van der Waals surface area (Å²) in [5.74, 6) is 3.25. The van der Waals surface area contributed by atoms with Gasteiger partial charge in [0, 0.05) is 6.04 Å². The summed E-state index contributed by atoms with van der Waals surface area (Å²) in [4.78, 5) is 13.3. The van der Waals surface area contributed by atoms with E-state index in [1.165, 1.54) is 38.5 Å². The van der Waals surface area contributed by atoms with Crippen molar-refractivity contribution in [2.75, 3.05) is 7.11 Å². The second-order valence-corrected chi connectivity index (χ2v) is 10.3. The number of halogens is 1. The van der Waals surface area contributed by atoms with Crippen LogP contribution < -0.4 is 10.1 Å². The lowest BCUT2D eigenvalue weighted by Crippen LogP contribution is -2.55. The molecule has 148 valence electrons. The highest BCUT2D eigenvalue weighted by atomic mass is 79.9. The third-order valence-electron chi connectivity index (χ3n) is 7.74. The summed E-state index contributed by atoms with van der Waals surface area (Å²) >= 11 is 3.65. The van der Waals surface area contributed by atoms with Gasteiger partial charge in [-0.1, -0.05) is 24.3 Å². The largest absolute Gasteiger partial charge is 0.495 e. The number of hydrogen-bond acceptors (Lipinski definition) is 2. The second-order valence-electron chi connectivity index (χ2n) is 9.47. The van der Waals surface area contributed by atoms with Crippen LogP contribution in [0.15, 0.2) is 34.8 Å². The molecule has 0 heterocycles. The molecule has 4 heteroatoms. The summed E-state index contributed by atoms with van der Waals surface area (Å²) in [5.41, 5.74) is 0.913. The number of amides is 1. The van der Waals surface area contributed by atoms with E-state index in [9.17, 15) is 4.79 Å². The first-order chi connectivity index (χ1) is 13.5. The summed E-state index contributed by atoms with van der Waals surface area (Å²) in [6.07, 6.45) is 8.14. The third-order valence-corrected chi connectivity index (χ3v) is 8.53. The van der Waals surface area contributed by atoms with Crippen molar-refractivity contribution in [2.24, 2.45) is 23.2 Å². The molecule has 4 bridgehead atoms. The standard InChI is InChI=1S/C24H28BrNO2/c1-14(24-11-15-7-16(12-24)9-17(8-15)13-24)26-23(27)20-10-18-5-3-4-6-19(18)21(25)22(20)28-2/h3-6,10,14-17H,7-9,11-13H2,1-2H3,(H,26,27). The molecule has 2 aromatic rings. The van der Waals surface area contributed by atoms with Gasteiger partial charge >= 0.3 is 0 Å². The summed E-state index contributed by atoms with van der Waals surface area (Å²) in [7, 11) is 1.63. The molecule has 6 rings (SSSR count). The Labute approximate surface area is 175 Å². The predicted octanol–water partition coefficient (Wildman–Crippen LogP) is 5.95. The van der Waals surface area contributed by atoms with Gasteiger partial charge in [-0.15, -0.1) is 0 Å². The van der Waals surface area contributed by atoms with E-state index >= 15 is 0 Å². The van der Waals surface area contributed by atoms with Crippen molar-refractivity contribution in [3.05, 3.63) is 40.4 Å². The van der Waals surface area contributed by atoms with Crippen molar-refractivity contribution in [3.63, 3.8) is 0 Å². The number of rotatable bonds is 4. The van der Waals surface area contributed by atoms with Crippen LogP contribution in [-0.4, -0.2) is 19.1 Å². The van der Waals surface area contributed by atoms with Crippen LogP contribution in [-0.2, 0) is 0 Å². The van der Waals surface area contributed by atoms with Crippen molar-refractivity contribution >= 4 is 32.6 Å². The molecule has 0 spiro atoms. The Hall–Kier alpha value is -1.55. The second kappa shape index (κ2) is 6.76. The smallest absolute Gasteiger partial charge is 0.255 e. The van der Waals surface area contributed by atoms with E-state index in [2.05, 4.69) is 28.2 Å². The third kappa shape index (κ3) is 2.87. The van der Waals surface area contributed by atoms with Crippen LogP contribution in [0, 0.1) is 23.2 Å². The van der Waals surface area contributed by atoms with E-state index in [1.54, 1.807) is 7.11 Å². The molecular weight excluding hydrogens is 414 g/mol. The fraction of sp³-hybridized carbons (Fsp3) is 0.542. The van der Waals surface area contributed by atoms with Gasteiger partial charge < -0.3 is 10.1 Å². The van der Waals surface area contributed by atoms with Crippen molar-refractivity contribution in [1.82, 2.24) is 5.32 Å². The Bertz CT molecular complexity index is 902. The summed E-state index contributed by atoms with van der Waals surface area (Å²) in [6.45, 7) is 2.23. The first-order valence-electron chi connectivity index (χ1n) is 10.5. The molecule has 3 nitrogen and oxygen atoms in total. The Morgan fingerprint density at radius 1 is 1.14 bits per heavy atom. The van der Waals surface area contributed by atoms with E-state index < -0.39 is 0 Å². The maximum Gasteiger partial charge on any atom is 0.255 e. The molecule has 28 heavy (non-hydrogen) atoms. The maximum atomic E-state index is 13.3. The molecular formula is C24H28BrNO2. The molecule has 4 saturated carbocycles. The maximum absolute atomic E-state index is 13.3. The summed E-state index contributed by atoms with van der Waals surface area (Å²) in [6, 6.07) is 10.2. The predicted molar refractivity (Wildman–Crippen MR) is 116 cm³/mol. The minimum absolute atomic E-state index is 0.0217. The van der Waals surface area contributed by atoms with E-state index in [0.29, 0.717) is 16.7 Å².